The molecule has 0 spiro atoms. The summed E-state index contributed by atoms with van der Waals surface area (Å²) in [6, 6.07) is 1.60. The minimum atomic E-state index is 0.250. The zero-order chi connectivity index (χ0) is 12.5. The lowest BCUT2D eigenvalue weighted by molar-refractivity contribution is 0.134. The number of nitrogens with zero attached hydrogens (tertiary/aromatic N) is 1. The Morgan fingerprint density at radius 2 is 1.88 bits per heavy atom. The van der Waals surface area contributed by atoms with Crippen molar-refractivity contribution in [3.05, 3.63) is 0 Å². The predicted octanol–water partition coefficient (Wildman–Crippen LogP) is 3.03. The van der Waals surface area contributed by atoms with Crippen LogP contribution in [0.25, 0.3) is 0 Å². The smallest absolute Gasteiger partial charge is 0.0195 e. The molecular formula is C15H30N2. The molecule has 2 rings (SSSR count). The first kappa shape index (κ1) is 13.4. The minimum Gasteiger partial charge on any atom is -0.311 e. The van der Waals surface area contributed by atoms with Crippen molar-refractivity contribution in [2.75, 3.05) is 13.1 Å². The van der Waals surface area contributed by atoms with Crippen molar-refractivity contribution in [2.45, 2.75) is 77.4 Å². The van der Waals surface area contributed by atoms with Gasteiger partial charge in [-0.15, -0.1) is 0 Å². The molecule has 2 nitrogen and oxygen atoms in total. The maximum Gasteiger partial charge on any atom is 0.0195 e. The second-order valence-corrected chi connectivity index (χ2v) is 7.12. The quantitative estimate of drug-likeness (QED) is 0.813. The highest BCUT2D eigenvalue weighted by molar-refractivity contribution is 4.92. The highest BCUT2D eigenvalue weighted by atomic mass is 15.2. The van der Waals surface area contributed by atoms with Crippen LogP contribution in [0.3, 0.4) is 0 Å². The summed E-state index contributed by atoms with van der Waals surface area (Å²) in [6.07, 6.45) is 7.32. The SMILES string of the molecule is CC(CNC(C)(C)C)N1CCC2CCCCC21. The van der Waals surface area contributed by atoms with Crippen LogP contribution in [0, 0.1) is 5.92 Å². The molecule has 0 bridgehead atoms. The third-order valence-electron chi connectivity index (χ3n) is 4.55. The zero-order valence-electron chi connectivity index (χ0n) is 12.1. The van der Waals surface area contributed by atoms with Crippen molar-refractivity contribution in [1.82, 2.24) is 10.2 Å². The van der Waals surface area contributed by atoms with Gasteiger partial charge in [0.2, 0.25) is 0 Å². The van der Waals surface area contributed by atoms with Gasteiger partial charge in [0, 0.05) is 24.2 Å². The van der Waals surface area contributed by atoms with Crippen LogP contribution in [0.15, 0.2) is 0 Å². The molecule has 17 heavy (non-hydrogen) atoms. The summed E-state index contributed by atoms with van der Waals surface area (Å²) in [5, 5.41) is 3.65. The Labute approximate surface area is 107 Å². The summed E-state index contributed by atoms with van der Waals surface area (Å²) < 4.78 is 0. The maximum absolute atomic E-state index is 3.65. The highest BCUT2D eigenvalue weighted by Gasteiger charge is 2.37. The van der Waals surface area contributed by atoms with E-state index in [0.717, 1.165) is 18.5 Å². The molecule has 3 atom stereocenters. The number of rotatable bonds is 3. The van der Waals surface area contributed by atoms with Gasteiger partial charge in [-0.2, -0.15) is 0 Å². The fourth-order valence-electron chi connectivity index (χ4n) is 3.56. The average molecular weight is 238 g/mol. The van der Waals surface area contributed by atoms with Crippen molar-refractivity contribution >= 4 is 0 Å². The van der Waals surface area contributed by atoms with Gasteiger partial charge >= 0.3 is 0 Å². The Hall–Kier alpha value is -0.0800. The van der Waals surface area contributed by atoms with Gasteiger partial charge in [-0.1, -0.05) is 12.8 Å². The average Bonchev–Trinajstić information content (AvgIpc) is 2.68. The van der Waals surface area contributed by atoms with E-state index in [0.29, 0.717) is 6.04 Å². The Kier molecular flexibility index (Phi) is 4.14. The molecular weight excluding hydrogens is 208 g/mol. The molecule has 0 amide bonds. The van der Waals surface area contributed by atoms with E-state index in [9.17, 15) is 0 Å². The standard InChI is InChI=1S/C15H30N2/c1-12(11-16-15(2,3)4)17-10-9-13-7-5-6-8-14(13)17/h12-14,16H,5-11H2,1-4H3. The van der Waals surface area contributed by atoms with Crippen molar-refractivity contribution < 1.29 is 0 Å². The molecule has 0 aromatic rings. The van der Waals surface area contributed by atoms with E-state index in [1.165, 1.54) is 38.6 Å². The van der Waals surface area contributed by atoms with Crippen LogP contribution in [-0.2, 0) is 0 Å². The van der Waals surface area contributed by atoms with E-state index in [4.69, 9.17) is 0 Å². The first-order chi connectivity index (χ1) is 7.97. The van der Waals surface area contributed by atoms with Crippen LogP contribution in [0.5, 0.6) is 0 Å². The van der Waals surface area contributed by atoms with Crippen LogP contribution in [0.4, 0.5) is 0 Å². The van der Waals surface area contributed by atoms with Gasteiger partial charge in [-0.25, -0.2) is 0 Å². The Balaban J connectivity index is 1.85. The predicted molar refractivity (Wildman–Crippen MR) is 74.3 cm³/mol. The lowest BCUT2D eigenvalue weighted by Gasteiger charge is -2.36. The minimum absolute atomic E-state index is 0.250. The molecule has 1 saturated heterocycles. The monoisotopic (exact) mass is 238 g/mol. The molecule has 1 heterocycles. The van der Waals surface area contributed by atoms with Crippen LogP contribution in [0.1, 0.15) is 59.8 Å². The van der Waals surface area contributed by atoms with Crippen LogP contribution >= 0.6 is 0 Å². The third kappa shape index (κ3) is 3.45. The van der Waals surface area contributed by atoms with E-state index in [1.54, 1.807) is 0 Å². The summed E-state index contributed by atoms with van der Waals surface area (Å²) in [6.45, 7) is 11.6. The van der Waals surface area contributed by atoms with Crippen molar-refractivity contribution in [3.63, 3.8) is 0 Å². The molecule has 3 unspecified atom stereocenters. The fraction of sp³-hybridized carbons (Fsp3) is 1.00. The van der Waals surface area contributed by atoms with Gasteiger partial charge in [0.25, 0.3) is 0 Å². The number of fused-ring (bicyclic) bond motifs is 1. The van der Waals surface area contributed by atoms with Crippen molar-refractivity contribution in [1.29, 1.82) is 0 Å². The summed E-state index contributed by atoms with van der Waals surface area (Å²) in [4.78, 5) is 2.78. The van der Waals surface area contributed by atoms with E-state index >= 15 is 0 Å². The van der Waals surface area contributed by atoms with Gasteiger partial charge in [0.05, 0.1) is 0 Å². The lowest BCUT2D eigenvalue weighted by atomic mass is 9.85. The second-order valence-electron chi connectivity index (χ2n) is 7.12. The molecule has 0 aromatic carbocycles. The van der Waals surface area contributed by atoms with E-state index in [1.807, 2.05) is 0 Å². The molecule has 2 heteroatoms. The molecule has 0 aromatic heterocycles. The van der Waals surface area contributed by atoms with Crippen LogP contribution < -0.4 is 5.32 Å². The number of likely N-dealkylation sites (tertiary alicyclic amines) is 1. The van der Waals surface area contributed by atoms with Gasteiger partial charge in [0.15, 0.2) is 0 Å². The Morgan fingerprint density at radius 3 is 2.59 bits per heavy atom. The summed E-state index contributed by atoms with van der Waals surface area (Å²) >= 11 is 0. The summed E-state index contributed by atoms with van der Waals surface area (Å²) in [7, 11) is 0. The van der Waals surface area contributed by atoms with Gasteiger partial charge < -0.3 is 5.32 Å². The normalized spacial score (nSPS) is 32.5. The van der Waals surface area contributed by atoms with Crippen LogP contribution in [0.2, 0.25) is 0 Å². The van der Waals surface area contributed by atoms with Gasteiger partial charge in [0.1, 0.15) is 0 Å². The van der Waals surface area contributed by atoms with E-state index < -0.39 is 0 Å². The molecule has 1 aliphatic carbocycles. The number of hydrogen-bond donors (Lipinski definition) is 1. The summed E-state index contributed by atoms with van der Waals surface area (Å²) in [5.41, 5.74) is 0.250. The molecule has 100 valence electrons. The molecule has 2 fully saturated rings. The first-order valence-electron chi connectivity index (χ1n) is 7.48. The maximum atomic E-state index is 3.65. The van der Waals surface area contributed by atoms with Crippen molar-refractivity contribution in [3.8, 4) is 0 Å². The number of nitrogens with one attached hydrogen (secondary N) is 1. The summed E-state index contributed by atoms with van der Waals surface area (Å²) in [5.74, 6) is 1.01. The third-order valence-corrected chi connectivity index (χ3v) is 4.55. The largest absolute Gasteiger partial charge is 0.311 e. The number of hydrogen-bond acceptors (Lipinski definition) is 2. The molecule has 0 radical (unpaired) electrons. The molecule has 1 saturated carbocycles. The highest BCUT2D eigenvalue weighted by Crippen LogP contribution is 2.37. The zero-order valence-corrected chi connectivity index (χ0v) is 12.1. The molecule has 1 N–H and O–H groups in total. The van der Waals surface area contributed by atoms with E-state index in [2.05, 4.69) is 37.9 Å². The fourth-order valence-corrected chi connectivity index (χ4v) is 3.56. The van der Waals surface area contributed by atoms with Gasteiger partial charge in [-0.3, -0.25) is 4.90 Å². The second kappa shape index (κ2) is 5.27. The van der Waals surface area contributed by atoms with E-state index in [-0.39, 0.29) is 5.54 Å². The molecule has 1 aliphatic heterocycles. The molecule has 2 aliphatic rings. The van der Waals surface area contributed by atoms with Gasteiger partial charge in [-0.05, 0) is 59.4 Å². The lowest BCUT2D eigenvalue weighted by Crippen LogP contribution is -2.49. The van der Waals surface area contributed by atoms with Crippen LogP contribution in [-0.4, -0.2) is 35.6 Å². The Bertz CT molecular complexity index is 244. The topological polar surface area (TPSA) is 15.3 Å². The van der Waals surface area contributed by atoms with Crippen molar-refractivity contribution in [2.24, 2.45) is 5.92 Å². The Morgan fingerprint density at radius 1 is 1.18 bits per heavy atom. The first-order valence-corrected chi connectivity index (χ1v) is 7.48.